The van der Waals surface area contributed by atoms with Crippen molar-refractivity contribution >= 4 is 6.09 Å². The molecule has 0 aliphatic heterocycles. The number of rotatable bonds is 5. The monoisotopic (exact) mass is 162 g/mol. The summed E-state index contributed by atoms with van der Waals surface area (Å²) in [5, 5.41) is 2.46. The maximum Gasteiger partial charge on any atom is 0.406 e. The van der Waals surface area contributed by atoms with Crippen LogP contribution in [0.25, 0.3) is 0 Å². The number of carbonyl (C=O) groups is 1. The van der Waals surface area contributed by atoms with Gasteiger partial charge in [-0.05, 0) is 0 Å². The molecule has 0 radical (unpaired) electrons. The molecule has 1 amide bonds. The van der Waals surface area contributed by atoms with Gasteiger partial charge >= 0.3 is 6.09 Å². The molecule has 0 unspecified atom stereocenters. The molecule has 0 heterocycles. The Bertz CT molecular complexity index is 108. The van der Waals surface area contributed by atoms with Gasteiger partial charge in [0, 0.05) is 13.1 Å². The van der Waals surface area contributed by atoms with E-state index in [1.54, 1.807) is 0 Å². The van der Waals surface area contributed by atoms with E-state index in [1.165, 1.54) is 7.11 Å². The molecule has 3 N–H and O–H groups in total. The maximum absolute atomic E-state index is 10.4. The van der Waals surface area contributed by atoms with Gasteiger partial charge < -0.3 is 20.5 Å². The Morgan fingerprint density at radius 1 is 1.55 bits per heavy atom. The quantitative estimate of drug-likeness (QED) is 0.525. The predicted molar refractivity (Wildman–Crippen MR) is 40.3 cm³/mol. The Labute approximate surface area is 65.8 Å². The minimum atomic E-state index is -0.443. The molecule has 0 bridgehead atoms. The highest BCUT2D eigenvalue weighted by atomic mass is 16.5. The van der Waals surface area contributed by atoms with E-state index < -0.39 is 6.09 Å². The molecule has 5 heteroatoms. The second-order valence-corrected chi connectivity index (χ2v) is 1.82. The normalized spacial score (nSPS) is 9.27. The van der Waals surface area contributed by atoms with Crippen molar-refractivity contribution in [3.8, 4) is 0 Å². The van der Waals surface area contributed by atoms with Crippen molar-refractivity contribution < 1.29 is 14.3 Å². The van der Waals surface area contributed by atoms with Crippen LogP contribution >= 0.6 is 0 Å². The van der Waals surface area contributed by atoms with Crippen LogP contribution in [0.1, 0.15) is 0 Å². The van der Waals surface area contributed by atoms with Crippen molar-refractivity contribution in [3.05, 3.63) is 0 Å². The van der Waals surface area contributed by atoms with E-state index in [0.717, 1.165) is 0 Å². The summed E-state index contributed by atoms with van der Waals surface area (Å²) in [5.74, 6) is 0. The lowest BCUT2D eigenvalue weighted by Gasteiger charge is -2.03. The number of alkyl carbamates (subject to hydrolysis) is 1. The van der Waals surface area contributed by atoms with Gasteiger partial charge in [-0.25, -0.2) is 4.79 Å². The summed E-state index contributed by atoms with van der Waals surface area (Å²) in [5.41, 5.74) is 5.16. The zero-order chi connectivity index (χ0) is 8.53. The summed E-state index contributed by atoms with van der Waals surface area (Å²) in [6, 6.07) is 0. The predicted octanol–water partition coefficient (Wildman–Crippen LogP) is -0.682. The summed E-state index contributed by atoms with van der Waals surface area (Å²) in [6.45, 7) is 1.93. The molecule has 0 saturated heterocycles. The van der Waals surface area contributed by atoms with E-state index in [0.29, 0.717) is 26.3 Å². The van der Waals surface area contributed by atoms with Crippen LogP contribution in [0.15, 0.2) is 0 Å². The van der Waals surface area contributed by atoms with Crippen LogP contribution in [0.4, 0.5) is 4.79 Å². The average molecular weight is 162 g/mol. The Kier molecular flexibility index (Phi) is 6.76. The zero-order valence-corrected chi connectivity index (χ0v) is 6.63. The summed E-state index contributed by atoms with van der Waals surface area (Å²) in [6.07, 6.45) is -0.443. The highest BCUT2D eigenvalue weighted by Gasteiger charge is 1.94. The second-order valence-electron chi connectivity index (χ2n) is 1.82. The first-order valence-electron chi connectivity index (χ1n) is 3.41. The lowest BCUT2D eigenvalue weighted by atomic mass is 10.6. The van der Waals surface area contributed by atoms with Crippen LogP contribution in [-0.2, 0) is 9.47 Å². The van der Waals surface area contributed by atoms with Crippen molar-refractivity contribution in [2.75, 3.05) is 33.4 Å². The molecule has 0 aromatic heterocycles. The molecular formula is C6H14N2O3. The van der Waals surface area contributed by atoms with Crippen LogP contribution in [-0.4, -0.2) is 39.5 Å². The smallest absolute Gasteiger partial charge is 0.406 e. The molecule has 66 valence electrons. The highest BCUT2D eigenvalue weighted by Crippen LogP contribution is 1.73. The van der Waals surface area contributed by atoms with Gasteiger partial charge in [-0.15, -0.1) is 0 Å². The van der Waals surface area contributed by atoms with E-state index in [-0.39, 0.29) is 0 Å². The Morgan fingerprint density at radius 3 is 2.82 bits per heavy atom. The van der Waals surface area contributed by atoms with Crippen LogP contribution in [0, 0.1) is 0 Å². The maximum atomic E-state index is 10.4. The van der Waals surface area contributed by atoms with Crippen molar-refractivity contribution in [3.63, 3.8) is 0 Å². The second kappa shape index (κ2) is 7.30. The molecular weight excluding hydrogens is 148 g/mol. The number of amides is 1. The summed E-state index contributed by atoms with van der Waals surface area (Å²) in [7, 11) is 1.32. The van der Waals surface area contributed by atoms with Gasteiger partial charge in [0.05, 0.1) is 20.3 Å². The van der Waals surface area contributed by atoms with E-state index in [2.05, 4.69) is 10.1 Å². The molecule has 0 aromatic rings. The minimum absolute atomic E-state index is 0.443. The lowest BCUT2D eigenvalue weighted by Crippen LogP contribution is -2.27. The third-order valence-electron chi connectivity index (χ3n) is 0.963. The molecule has 0 rings (SSSR count). The highest BCUT2D eigenvalue weighted by molar-refractivity contribution is 5.66. The topological polar surface area (TPSA) is 73.6 Å². The van der Waals surface area contributed by atoms with Gasteiger partial charge in [0.2, 0.25) is 0 Å². The molecule has 0 atom stereocenters. The number of nitrogens with two attached hydrogens (primary N) is 1. The number of nitrogens with one attached hydrogen (secondary N) is 1. The molecule has 0 aromatic carbocycles. The van der Waals surface area contributed by atoms with Crippen molar-refractivity contribution in [1.29, 1.82) is 0 Å². The van der Waals surface area contributed by atoms with E-state index in [4.69, 9.17) is 10.5 Å². The van der Waals surface area contributed by atoms with Crippen LogP contribution in [0.3, 0.4) is 0 Å². The molecule has 0 fully saturated rings. The van der Waals surface area contributed by atoms with Crippen LogP contribution in [0.2, 0.25) is 0 Å². The number of ether oxygens (including phenoxy) is 2. The SMILES string of the molecule is COC(=O)NCCOCCN. The number of carbonyl (C=O) groups excluding carboxylic acids is 1. The largest absolute Gasteiger partial charge is 0.453 e. The molecule has 11 heavy (non-hydrogen) atoms. The van der Waals surface area contributed by atoms with E-state index in [1.807, 2.05) is 0 Å². The van der Waals surface area contributed by atoms with Crippen molar-refractivity contribution in [2.45, 2.75) is 0 Å². The summed E-state index contributed by atoms with van der Waals surface area (Å²) >= 11 is 0. The Hall–Kier alpha value is -0.810. The number of hydrogen-bond acceptors (Lipinski definition) is 4. The number of hydrogen-bond donors (Lipinski definition) is 2. The first-order valence-corrected chi connectivity index (χ1v) is 3.41. The van der Waals surface area contributed by atoms with Gasteiger partial charge in [-0.3, -0.25) is 0 Å². The third-order valence-corrected chi connectivity index (χ3v) is 0.963. The molecule has 0 spiro atoms. The molecule has 5 nitrogen and oxygen atoms in total. The third kappa shape index (κ3) is 7.08. The fourth-order valence-electron chi connectivity index (χ4n) is 0.483. The van der Waals surface area contributed by atoms with E-state index >= 15 is 0 Å². The first-order chi connectivity index (χ1) is 5.31. The van der Waals surface area contributed by atoms with Gasteiger partial charge in [0.25, 0.3) is 0 Å². The zero-order valence-electron chi connectivity index (χ0n) is 6.63. The average Bonchev–Trinajstić information content (AvgIpc) is 2.04. The van der Waals surface area contributed by atoms with Gasteiger partial charge in [-0.1, -0.05) is 0 Å². The number of methoxy groups -OCH3 is 1. The van der Waals surface area contributed by atoms with Crippen molar-refractivity contribution in [1.82, 2.24) is 5.32 Å². The minimum Gasteiger partial charge on any atom is -0.453 e. The summed E-state index contributed by atoms with van der Waals surface area (Å²) < 4.78 is 9.31. The van der Waals surface area contributed by atoms with Gasteiger partial charge in [0.1, 0.15) is 0 Å². The van der Waals surface area contributed by atoms with Gasteiger partial charge in [-0.2, -0.15) is 0 Å². The van der Waals surface area contributed by atoms with E-state index in [9.17, 15) is 4.79 Å². The van der Waals surface area contributed by atoms with Gasteiger partial charge in [0.15, 0.2) is 0 Å². The molecule has 0 saturated carbocycles. The van der Waals surface area contributed by atoms with Crippen LogP contribution < -0.4 is 11.1 Å². The Morgan fingerprint density at radius 2 is 2.27 bits per heavy atom. The first kappa shape index (κ1) is 10.2. The molecule has 0 aliphatic rings. The lowest BCUT2D eigenvalue weighted by molar-refractivity contribution is 0.134. The standard InChI is InChI=1S/C6H14N2O3/c1-10-6(9)8-3-5-11-4-2-7/h2-5,7H2,1H3,(H,8,9). The fourth-order valence-corrected chi connectivity index (χ4v) is 0.483. The summed E-state index contributed by atoms with van der Waals surface area (Å²) in [4.78, 5) is 10.4. The van der Waals surface area contributed by atoms with Crippen molar-refractivity contribution in [2.24, 2.45) is 5.73 Å². The van der Waals surface area contributed by atoms with Crippen LogP contribution in [0.5, 0.6) is 0 Å². The fraction of sp³-hybridized carbons (Fsp3) is 0.833. The Balaban J connectivity index is 2.95. The molecule has 0 aliphatic carbocycles.